The Hall–Kier alpha value is -1.06. The summed E-state index contributed by atoms with van der Waals surface area (Å²) in [6.45, 7) is 2.73. The SMILES string of the molecule is CCNc1ccc2c(Cl)c(F)c(Cl)cc2n1. The Morgan fingerprint density at radius 2 is 2.12 bits per heavy atom. The molecule has 1 N–H and O–H groups in total. The molecule has 0 aliphatic carbocycles. The lowest BCUT2D eigenvalue weighted by Crippen LogP contribution is -1.99. The number of hydrogen-bond donors (Lipinski definition) is 1. The molecule has 1 heterocycles. The molecule has 0 bridgehead atoms. The monoisotopic (exact) mass is 258 g/mol. The molecule has 2 rings (SSSR count). The first-order valence-electron chi connectivity index (χ1n) is 4.81. The van der Waals surface area contributed by atoms with Gasteiger partial charge in [0.1, 0.15) is 5.82 Å². The molecule has 84 valence electrons. The summed E-state index contributed by atoms with van der Waals surface area (Å²) in [5.41, 5.74) is 0.579. The van der Waals surface area contributed by atoms with Gasteiger partial charge in [0.2, 0.25) is 0 Å². The van der Waals surface area contributed by atoms with Gasteiger partial charge in [-0.15, -0.1) is 0 Å². The predicted molar refractivity (Wildman–Crippen MR) is 65.9 cm³/mol. The molecule has 0 unspecified atom stereocenters. The van der Waals surface area contributed by atoms with Crippen molar-refractivity contribution in [3.8, 4) is 0 Å². The molecule has 0 amide bonds. The lowest BCUT2D eigenvalue weighted by atomic mass is 10.2. The highest BCUT2D eigenvalue weighted by Gasteiger charge is 2.11. The highest BCUT2D eigenvalue weighted by atomic mass is 35.5. The van der Waals surface area contributed by atoms with Crippen molar-refractivity contribution in [2.45, 2.75) is 6.92 Å². The lowest BCUT2D eigenvalue weighted by Gasteiger charge is -2.06. The number of halogens is 3. The van der Waals surface area contributed by atoms with Gasteiger partial charge in [-0.2, -0.15) is 0 Å². The van der Waals surface area contributed by atoms with Crippen molar-refractivity contribution >= 4 is 39.9 Å². The molecule has 16 heavy (non-hydrogen) atoms. The van der Waals surface area contributed by atoms with Crippen molar-refractivity contribution in [1.82, 2.24) is 4.98 Å². The first-order valence-corrected chi connectivity index (χ1v) is 5.57. The van der Waals surface area contributed by atoms with Crippen molar-refractivity contribution in [2.24, 2.45) is 0 Å². The fourth-order valence-electron chi connectivity index (χ4n) is 1.46. The molecule has 0 saturated heterocycles. The number of rotatable bonds is 2. The standard InChI is InChI=1S/C11H9Cl2FN2/c1-2-15-9-4-3-6-8(16-9)5-7(12)11(14)10(6)13/h3-5H,2H2,1H3,(H,15,16). The number of nitrogens with zero attached hydrogens (tertiary/aromatic N) is 1. The van der Waals surface area contributed by atoms with E-state index in [9.17, 15) is 4.39 Å². The Balaban J connectivity index is 2.66. The van der Waals surface area contributed by atoms with E-state index in [1.807, 2.05) is 6.92 Å². The van der Waals surface area contributed by atoms with E-state index in [0.29, 0.717) is 16.7 Å². The molecule has 5 heteroatoms. The molecule has 2 nitrogen and oxygen atoms in total. The summed E-state index contributed by atoms with van der Waals surface area (Å²) in [5, 5.41) is 3.62. The molecule has 0 spiro atoms. The summed E-state index contributed by atoms with van der Waals surface area (Å²) in [5.74, 6) is 0.113. The van der Waals surface area contributed by atoms with Crippen LogP contribution in [0.25, 0.3) is 10.9 Å². The van der Waals surface area contributed by atoms with E-state index in [-0.39, 0.29) is 10.0 Å². The Labute approximate surface area is 102 Å². The van der Waals surface area contributed by atoms with Gasteiger partial charge in [-0.05, 0) is 25.1 Å². The van der Waals surface area contributed by atoms with E-state index >= 15 is 0 Å². The summed E-state index contributed by atoms with van der Waals surface area (Å²) < 4.78 is 13.4. The van der Waals surface area contributed by atoms with E-state index in [4.69, 9.17) is 23.2 Å². The maximum absolute atomic E-state index is 13.4. The van der Waals surface area contributed by atoms with E-state index < -0.39 is 5.82 Å². The van der Waals surface area contributed by atoms with Crippen LogP contribution >= 0.6 is 23.2 Å². The van der Waals surface area contributed by atoms with Crippen LogP contribution in [0.4, 0.5) is 10.2 Å². The number of fused-ring (bicyclic) bond motifs is 1. The second-order valence-corrected chi connectivity index (χ2v) is 4.07. The van der Waals surface area contributed by atoms with Crippen LogP contribution in [0.2, 0.25) is 10.0 Å². The fourth-order valence-corrected chi connectivity index (χ4v) is 1.96. The van der Waals surface area contributed by atoms with E-state index in [0.717, 1.165) is 6.54 Å². The average Bonchev–Trinajstić information content (AvgIpc) is 2.26. The van der Waals surface area contributed by atoms with Gasteiger partial charge in [0.05, 0.1) is 15.6 Å². The number of benzene rings is 1. The molecule has 0 fully saturated rings. The second kappa shape index (κ2) is 4.44. The minimum Gasteiger partial charge on any atom is -0.370 e. The first kappa shape index (κ1) is 11.4. The summed E-state index contributed by atoms with van der Waals surface area (Å²) in [6.07, 6.45) is 0. The molecule has 0 saturated carbocycles. The van der Waals surface area contributed by atoms with Crippen LogP contribution in [0.1, 0.15) is 6.92 Å². The fraction of sp³-hybridized carbons (Fsp3) is 0.182. The molecule has 1 aromatic carbocycles. The third-order valence-electron chi connectivity index (χ3n) is 2.18. The summed E-state index contributed by atoms with van der Waals surface area (Å²) >= 11 is 11.5. The Morgan fingerprint density at radius 1 is 1.38 bits per heavy atom. The molecule has 0 radical (unpaired) electrons. The highest BCUT2D eigenvalue weighted by molar-refractivity contribution is 6.38. The zero-order valence-corrected chi connectivity index (χ0v) is 10.0. The summed E-state index contributed by atoms with van der Waals surface area (Å²) in [7, 11) is 0. The minimum absolute atomic E-state index is 0.0121. The van der Waals surface area contributed by atoms with Crippen molar-refractivity contribution in [3.63, 3.8) is 0 Å². The summed E-state index contributed by atoms with van der Waals surface area (Å²) in [6, 6.07) is 4.95. The minimum atomic E-state index is -0.603. The van der Waals surface area contributed by atoms with Gasteiger partial charge in [-0.1, -0.05) is 23.2 Å². The van der Waals surface area contributed by atoms with Gasteiger partial charge < -0.3 is 5.32 Å². The number of pyridine rings is 1. The largest absolute Gasteiger partial charge is 0.370 e. The van der Waals surface area contributed by atoms with Crippen LogP contribution in [-0.4, -0.2) is 11.5 Å². The van der Waals surface area contributed by atoms with E-state index in [1.165, 1.54) is 6.07 Å². The van der Waals surface area contributed by atoms with E-state index in [2.05, 4.69) is 10.3 Å². The predicted octanol–water partition coefficient (Wildman–Crippen LogP) is 4.11. The number of anilines is 1. The molecular formula is C11H9Cl2FN2. The second-order valence-electron chi connectivity index (χ2n) is 3.28. The van der Waals surface area contributed by atoms with Crippen molar-refractivity contribution in [1.29, 1.82) is 0 Å². The normalized spacial score (nSPS) is 10.8. The number of nitrogens with one attached hydrogen (secondary N) is 1. The van der Waals surface area contributed by atoms with Crippen molar-refractivity contribution in [2.75, 3.05) is 11.9 Å². The van der Waals surface area contributed by atoms with Crippen LogP contribution in [-0.2, 0) is 0 Å². The Kier molecular flexibility index (Phi) is 3.17. The van der Waals surface area contributed by atoms with Gasteiger partial charge in [-0.25, -0.2) is 9.37 Å². The molecule has 0 aliphatic rings. The average molecular weight is 259 g/mol. The number of hydrogen-bond acceptors (Lipinski definition) is 2. The molecule has 2 aromatic rings. The summed E-state index contributed by atoms with van der Waals surface area (Å²) in [4.78, 5) is 4.28. The number of aromatic nitrogens is 1. The van der Waals surface area contributed by atoms with Crippen LogP contribution in [0.3, 0.4) is 0 Å². The third kappa shape index (κ3) is 1.93. The molecular weight excluding hydrogens is 250 g/mol. The molecule has 0 atom stereocenters. The Bertz CT molecular complexity index is 543. The first-order chi connectivity index (χ1) is 7.63. The van der Waals surface area contributed by atoms with Gasteiger partial charge in [0, 0.05) is 11.9 Å². The maximum atomic E-state index is 13.4. The Morgan fingerprint density at radius 3 is 2.81 bits per heavy atom. The van der Waals surface area contributed by atoms with Crippen LogP contribution in [0.5, 0.6) is 0 Å². The van der Waals surface area contributed by atoms with Crippen molar-refractivity contribution in [3.05, 3.63) is 34.1 Å². The van der Waals surface area contributed by atoms with Gasteiger partial charge >= 0.3 is 0 Å². The topological polar surface area (TPSA) is 24.9 Å². The van der Waals surface area contributed by atoms with Gasteiger partial charge in [0.25, 0.3) is 0 Å². The highest BCUT2D eigenvalue weighted by Crippen LogP contribution is 2.31. The quantitative estimate of drug-likeness (QED) is 0.821. The molecule has 1 aromatic heterocycles. The third-order valence-corrected chi connectivity index (χ3v) is 2.83. The van der Waals surface area contributed by atoms with Crippen LogP contribution < -0.4 is 5.32 Å². The lowest BCUT2D eigenvalue weighted by molar-refractivity contribution is 0.630. The van der Waals surface area contributed by atoms with Crippen LogP contribution in [0.15, 0.2) is 18.2 Å². The zero-order valence-electron chi connectivity index (χ0n) is 8.52. The molecule has 0 aliphatic heterocycles. The van der Waals surface area contributed by atoms with E-state index in [1.54, 1.807) is 12.1 Å². The van der Waals surface area contributed by atoms with Crippen LogP contribution in [0, 0.1) is 5.82 Å². The van der Waals surface area contributed by atoms with Gasteiger partial charge in [-0.3, -0.25) is 0 Å². The maximum Gasteiger partial charge on any atom is 0.161 e. The zero-order chi connectivity index (χ0) is 11.7. The van der Waals surface area contributed by atoms with Crippen molar-refractivity contribution < 1.29 is 4.39 Å². The van der Waals surface area contributed by atoms with Gasteiger partial charge in [0.15, 0.2) is 5.82 Å². The smallest absolute Gasteiger partial charge is 0.161 e.